The molecule has 19 heavy (non-hydrogen) atoms. The third kappa shape index (κ3) is 5.05. The Morgan fingerprint density at radius 1 is 0.842 bits per heavy atom. The van der Waals surface area contributed by atoms with Crippen molar-refractivity contribution in [3.63, 3.8) is 0 Å². The quantitative estimate of drug-likeness (QED) is 0.667. The van der Waals surface area contributed by atoms with Gasteiger partial charge in [-0.05, 0) is 26.2 Å². The van der Waals surface area contributed by atoms with Gasteiger partial charge < -0.3 is 10.6 Å². The van der Waals surface area contributed by atoms with Crippen LogP contribution >= 0.6 is 0 Å². The largest absolute Gasteiger partial charge is 0.370 e. The van der Waals surface area contributed by atoms with Crippen molar-refractivity contribution < 1.29 is 0 Å². The van der Waals surface area contributed by atoms with E-state index < -0.39 is 0 Å². The second-order valence-corrected chi connectivity index (χ2v) is 4.92. The molecule has 0 radical (unpaired) electrons. The van der Waals surface area contributed by atoms with Gasteiger partial charge in [-0.1, -0.05) is 27.2 Å². The molecule has 0 unspecified atom stereocenters. The number of aromatic nitrogens is 2. The van der Waals surface area contributed by atoms with Gasteiger partial charge in [0.05, 0.1) is 0 Å². The minimum atomic E-state index is 0.934. The molecule has 1 rings (SSSR count). The van der Waals surface area contributed by atoms with Crippen LogP contribution < -0.4 is 10.6 Å². The second kappa shape index (κ2) is 8.73. The van der Waals surface area contributed by atoms with Gasteiger partial charge in [0.25, 0.3) is 0 Å². The lowest BCUT2D eigenvalue weighted by atomic mass is 10.2. The number of nitrogens with zero attached hydrogens (tertiary/aromatic N) is 2. The van der Waals surface area contributed by atoms with Crippen LogP contribution in [0, 0.1) is 6.92 Å². The predicted octanol–water partition coefficient (Wildman–Crippen LogP) is 3.77. The van der Waals surface area contributed by atoms with E-state index in [-0.39, 0.29) is 0 Å². The van der Waals surface area contributed by atoms with E-state index in [2.05, 4.69) is 48.3 Å². The Morgan fingerprint density at radius 2 is 1.47 bits per heavy atom. The molecule has 2 N–H and O–H groups in total. The summed E-state index contributed by atoms with van der Waals surface area (Å²) in [4.78, 5) is 9.27. The summed E-state index contributed by atoms with van der Waals surface area (Å²) in [7, 11) is 0. The molecule has 0 bridgehead atoms. The molecule has 0 fully saturated rings. The summed E-state index contributed by atoms with van der Waals surface area (Å²) in [6, 6.07) is 0. The highest BCUT2D eigenvalue weighted by Gasteiger charge is 2.09. The van der Waals surface area contributed by atoms with Gasteiger partial charge in [0.15, 0.2) is 0 Å². The zero-order valence-electron chi connectivity index (χ0n) is 12.8. The summed E-state index contributed by atoms with van der Waals surface area (Å²) in [5.41, 5.74) is 1.13. The molecular weight excluding hydrogens is 236 g/mol. The van der Waals surface area contributed by atoms with Crippen molar-refractivity contribution in [1.82, 2.24) is 9.97 Å². The number of rotatable bonds is 9. The van der Waals surface area contributed by atoms with Gasteiger partial charge >= 0.3 is 0 Å². The molecule has 0 spiro atoms. The summed E-state index contributed by atoms with van der Waals surface area (Å²) >= 11 is 0. The fourth-order valence-corrected chi connectivity index (χ4v) is 1.87. The standard InChI is InChI=1S/C15H28N4/c1-5-8-11-17-15-12(4)14(16-10-7-3)18-13(19-15)9-6-2/h5-11H2,1-4H3,(H2,16,17,18,19). The minimum Gasteiger partial charge on any atom is -0.370 e. The molecule has 1 aromatic rings. The first-order valence-electron chi connectivity index (χ1n) is 7.58. The van der Waals surface area contributed by atoms with E-state index in [1.54, 1.807) is 0 Å². The van der Waals surface area contributed by atoms with Crippen molar-refractivity contribution in [2.24, 2.45) is 0 Å². The van der Waals surface area contributed by atoms with E-state index in [0.717, 1.165) is 55.4 Å². The number of hydrogen-bond donors (Lipinski definition) is 2. The smallest absolute Gasteiger partial charge is 0.134 e. The molecule has 1 heterocycles. The van der Waals surface area contributed by atoms with E-state index in [1.165, 1.54) is 12.8 Å². The molecule has 4 nitrogen and oxygen atoms in total. The van der Waals surface area contributed by atoms with E-state index in [1.807, 2.05) is 0 Å². The number of anilines is 2. The molecule has 0 aliphatic carbocycles. The first-order chi connectivity index (χ1) is 9.22. The van der Waals surface area contributed by atoms with Crippen LogP contribution in [0.15, 0.2) is 0 Å². The lowest BCUT2D eigenvalue weighted by Crippen LogP contribution is -2.12. The van der Waals surface area contributed by atoms with E-state index >= 15 is 0 Å². The van der Waals surface area contributed by atoms with Crippen molar-refractivity contribution in [1.29, 1.82) is 0 Å². The van der Waals surface area contributed by atoms with Gasteiger partial charge in [0.2, 0.25) is 0 Å². The lowest BCUT2D eigenvalue weighted by molar-refractivity contribution is 0.809. The molecule has 0 amide bonds. The van der Waals surface area contributed by atoms with Gasteiger partial charge in [-0.15, -0.1) is 0 Å². The van der Waals surface area contributed by atoms with Gasteiger partial charge in [0, 0.05) is 25.1 Å². The molecule has 0 aliphatic heterocycles. The third-order valence-corrected chi connectivity index (χ3v) is 3.03. The first-order valence-corrected chi connectivity index (χ1v) is 7.58. The molecule has 108 valence electrons. The first kappa shape index (κ1) is 15.7. The third-order valence-electron chi connectivity index (χ3n) is 3.03. The van der Waals surface area contributed by atoms with E-state index in [0.29, 0.717) is 0 Å². The maximum Gasteiger partial charge on any atom is 0.134 e. The van der Waals surface area contributed by atoms with Crippen LogP contribution in [0.1, 0.15) is 57.8 Å². The molecule has 1 aromatic heterocycles. The van der Waals surface area contributed by atoms with Crippen molar-refractivity contribution >= 4 is 11.6 Å². The van der Waals surface area contributed by atoms with Gasteiger partial charge in [-0.25, -0.2) is 9.97 Å². The minimum absolute atomic E-state index is 0.934. The van der Waals surface area contributed by atoms with Crippen LogP contribution in [0.3, 0.4) is 0 Å². The summed E-state index contributed by atoms with van der Waals surface area (Å²) < 4.78 is 0. The van der Waals surface area contributed by atoms with Crippen LogP contribution in [-0.2, 0) is 6.42 Å². The molecular formula is C15H28N4. The van der Waals surface area contributed by atoms with Gasteiger partial charge in [-0.2, -0.15) is 0 Å². The van der Waals surface area contributed by atoms with E-state index in [4.69, 9.17) is 0 Å². The van der Waals surface area contributed by atoms with Crippen molar-refractivity contribution in [2.75, 3.05) is 23.7 Å². The number of hydrogen-bond acceptors (Lipinski definition) is 4. The molecule has 0 atom stereocenters. The Balaban J connectivity index is 2.88. The highest BCUT2D eigenvalue weighted by Crippen LogP contribution is 2.20. The maximum absolute atomic E-state index is 4.64. The summed E-state index contributed by atoms with van der Waals surface area (Å²) in [5.74, 6) is 2.91. The zero-order valence-corrected chi connectivity index (χ0v) is 12.8. The normalized spacial score (nSPS) is 10.5. The van der Waals surface area contributed by atoms with Crippen LogP contribution in [0.4, 0.5) is 11.6 Å². The van der Waals surface area contributed by atoms with Crippen LogP contribution in [-0.4, -0.2) is 23.1 Å². The van der Waals surface area contributed by atoms with Crippen molar-refractivity contribution in [3.05, 3.63) is 11.4 Å². The van der Waals surface area contributed by atoms with Crippen LogP contribution in [0.2, 0.25) is 0 Å². The lowest BCUT2D eigenvalue weighted by Gasteiger charge is -2.14. The topological polar surface area (TPSA) is 49.8 Å². The van der Waals surface area contributed by atoms with Crippen LogP contribution in [0.25, 0.3) is 0 Å². The zero-order chi connectivity index (χ0) is 14.1. The predicted molar refractivity (Wildman–Crippen MR) is 82.9 cm³/mol. The summed E-state index contributed by atoms with van der Waals surface area (Å²) in [6.45, 7) is 10.5. The Bertz CT molecular complexity index is 377. The second-order valence-electron chi connectivity index (χ2n) is 4.92. The average Bonchev–Trinajstić information content (AvgIpc) is 2.41. The van der Waals surface area contributed by atoms with E-state index in [9.17, 15) is 0 Å². The summed E-state index contributed by atoms with van der Waals surface area (Å²) in [6.07, 6.45) is 5.48. The molecule has 0 aliphatic rings. The average molecular weight is 264 g/mol. The van der Waals surface area contributed by atoms with Crippen molar-refractivity contribution in [2.45, 2.75) is 59.8 Å². The fraction of sp³-hybridized carbons (Fsp3) is 0.733. The Labute approximate surface area is 117 Å². The van der Waals surface area contributed by atoms with Gasteiger partial charge in [-0.3, -0.25) is 0 Å². The molecule has 0 saturated carbocycles. The molecule has 4 heteroatoms. The Kier molecular flexibility index (Phi) is 7.23. The number of unbranched alkanes of at least 4 members (excludes halogenated alkanes) is 1. The highest BCUT2D eigenvalue weighted by atomic mass is 15.1. The number of nitrogens with one attached hydrogen (secondary N) is 2. The summed E-state index contributed by atoms with van der Waals surface area (Å²) in [5, 5.41) is 6.84. The monoisotopic (exact) mass is 264 g/mol. The molecule has 0 aromatic carbocycles. The van der Waals surface area contributed by atoms with Crippen LogP contribution in [0.5, 0.6) is 0 Å². The van der Waals surface area contributed by atoms with Gasteiger partial charge in [0.1, 0.15) is 17.5 Å². The fourth-order valence-electron chi connectivity index (χ4n) is 1.87. The highest BCUT2D eigenvalue weighted by molar-refractivity contribution is 5.57. The maximum atomic E-state index is 4.64. The SMILES string of the molecule is CCCCNc1nc(CCC)nc(NCCC)c1C. The Hall–Kier alpha value is -1.32. The number of aryl methyl sites for hydroxylation is 1. The Morgan fingerprint density at radius 3 is 2.00 bits per heavy atom. The molecule has 0 saturated heterocycles. The van der Waals surface area contributed by atoms with Crippen molar-refractivity contribution in [3.8, 4) is 0 Å².